The van der Waals surface area contributed by atoms with Crippen LogP contribution in [0.1, 0.15) is 34.1 Å². The van der Waals surface area contributed by atoms with Crippen LogP contribution in [0.3, 0.4) is 0 Å². The highest BCUT2D eigenvalue weighted by Crippen LogP contribution is 2.32. The SMILES string of the molecule is CC(CNC(=O)c1ccccc1O)CC1CN(C(=O)c2ccc(F)c(F)c2Nc2ccc(I)cc2F)C1. The number of rotatable bonds is 8. The quantitative estimate of drug-likeness (QED) is 0.282. The van der Waals surface area contributed by atoms with Gasteiger partial charge in [0.25, 0.3) is 11.8 Å². The van der Waals surface area contributed by atoms with Crippen molar-refractivity contribution in [2.45, 2.75) is 13.3 Å². The molecular weight excluding hydrogens is 598 g/mol. The molecule has 3 N–H and O–H groups in total. The van der Waals surface area contributed by atoms with E-state index >= 15 is 0 Å². The summed E-state index contributed by atoms with van der Waals surface area (Å²) in [6.45, 7) is 3.22. The van der Waals surface area contributed by atoms with Crippen LogP contribution in [0.5, 0.6) is 5.75 Å². The van der Waals surface area contributed by atoms with Gasteiger partial charge in [0.05, 0.1) is 22.5 Å². The maximum Gasteiger partial charge on any atom is 0.256 e. The number of halogens is 4. The highest BCUT2D eigenvalue weighted by molar-refractivity contribution is 14.1. The highest BCUT2D eigenvalue weighted by atomic mass is 127. The predicted molar refractivity (Wildman–Crippen MR) is 142 cm³/mol. The number of carbonyl (C=O) groups is 2. The van der Waals surface area contributed by atoms with Crippen molar-refractivity contribution in [2.24, 2.45) is 11.8 Å². The predicted octanol–water partition coefficient (Wildman–Crippen LogP) is 5.69. The van der Waals surface area contributed by atoms with Gasteiger partial charge in [-0.05, 0) is 83.3 Å². The Kier molecular flexibility index (Phi) is 8.25. The number of anilines is 2. The van der Waals surface area contributed by atoms with Crippen LogP contribution < -0.4 is 10.6 Å². The highest BCUT2D eigenvalue weighted by Gasteiger charge is 2.34. The lowest BCUT2D eigenvalue weighted by Gasteiger charge is -2.40. The van der Waals surface area contributed by atoms with E-state index in [2.05, 4.69) is 10.6 Å². The summed E-state index contributed by atoms with van der Waals surface area (Å²) in [4.78, 5) is 26.9. The Bertz CT molecular complexity index is 1330. The lowest BCUT2D eigenvalue weighted by molar-refractivity contribution is 0.0457. The van der Waals surface area contributed by atoms with Gasteiger partial charge in [0, 0.05) is 23.2 Å². The summed E-state index contributed by atoms with van der Waals surface area (Å²) in [5, 5.41) is 15.2. The molecule has 3 aromatic rings. The summed E-state index contributed by atoms with van der Waals surface area (Å²) in [7, 11) is 0. The molecule has 0 radical (unpaired) electrons. The first kappa shape index (κ1) is 26.8. The maximum absolute atomic E-state index is 14.7. The Morgan fingerprint density at radius 1 is 1.05 bits per heavy atom. The summed E-state index contributed by atoms with van der Waals surface area (Å²) in [5.74, 6) is -3.70. The fourth-order valence-corrected chi connectivity index (χ4v) is 4.77. The lowest BCUT2D eigenvalue weighted by Crippen LogP contribution is -2.51. The maximum atomic E-state index is 14.7. The van der Waals surface area contributed by atoms with Gasteiger partial charge in [0.15, 0.2) is 11.6 Å². The van der Waals surface area contributed by atoms with Crippen LogP contribution >= 0.6 is 22.6 Å². The van der Waals surface area contributed by atoms with Crippen LogP contribution in [0.15, 0.2) is 54.6 Å². The summed E-state index contributed by atoms with van der Waals surface area (Å²) in [6.07, 6.45) is 0.738. The Labute approximate surface area is 226 Å². The second-order valence-electron chi connectivity index (χ2n) is 9.18. The molecule has 1 heterocycles. The number of para-hydroxylation sites is 1. The fraction of sp³-hybridized carbons (Fsp3) is 0.259. The van der Waals surface area contributed by atoms with Crippen LogP contribution in [0.25, 0.3) is 0 Å². The van der Waals surface area contributed by atoms with E-state index in [0.717, 1.165) is 12.5 Å². The van der Waals surface area contributed by atoms with E-state index in [1.807, 2.05) is 29.5 Å². The molecule has 0 aliphatic carbocycles. The van der Waals surface area contributed by atoms with Crippen LogP contribution in [-0.4, -0.2) is 41.5 Å². The van der Waals surface area contributed by atoms with Crippen molar-refractivity contribution >= 4 is 45.8 Å². The largest absolute Gasteiger partial charge is 0.507 e. The van der Waals surface area contributed by atoms with Gasteiger partial charge >= 0.3 is 0 Å². The average Bonchev–Trinajstić information content (AvgIpc) is 2.84. The van der Waals surface area contributed by atoms with Gasteiger partial charge in [-0.25, -0.2) is 13.2 Å². The smallest absolute Gasteiger partial charge is 0.256 e. The van der Waals surface area contributed by atoms with Gasteiger partial charge < -0.3 is 20.6 Å². The molecule has 6 nitrogen and oxygen atoms in total. The van der Waals surface area contributed by atoms with E-state index in [1.165, 1.54) is 29.2 Å². The van der Waals surface area contributed by atoms with E-state index in [9.17, 15) is 27.9 Å². The van der Waals surface area contributed by atoms with Gasteiger partial charge in [-0.3, -0.25) is 9.59 Å². The summed E-state index contributed by atoms with van der Waals surface area (Å²) in [5.41, 5.74) is -0.358. The summed E-state index contributed by atoms with van der Waals surface area (Å²) < 4.78 is 43.6. The molecule has 1 saturated heterocycles. The molecule has 1 aliphatic rings. The molecule has 194 valence electrons. The average molecular weight is 623 g/mol. The number of phenols is 1. The molecule has 0 saturated carbocycles. The molecule has 37 heavy (non-hydrogen) atoms. The van der Waals surface area contributed by atoms with Crippen molar-refractivity contribution in [3.8, 4) is 5.75 Å². The molecule has 1 unspecified atom stereocenters. The Morgan fingerprint density at radius 3 is 2.49 bits per heavy atom. The second kappa shape index (κ2) is 11.4. The number of amides is 2. The molecule has 4 rings (SSSR count). The number of carbonyl (C=O) groups excluding carboxylic acids is 2. The minimum absolute atomic E-state index is 0.0693. The van der Waals surface area contributed by atoms with Crippen molar-refractivity contribution in [1.82, 2.24) is 10.2 Å². The number of likely N-dealkylation sites (tertiary alicyclic amines) is 1. The van der Waals surface area contributed by atoms with E-state index in [0.29, 0.717) is 23.2 Å². The number of nitrogens with one attached hydrogen (secondary N) is 2. The minimum Gasteiger partial charge on any atom is -0.507 e. The van der Waals surface area contributed by atoms with Gasteiger partial charge in [-0.15, -0.1) is 0 Å². The zero-order valence-corrected chi connectivity index (χ0v) is 22.1. The van der Waals surface area contributed by atoms with E-state index in [4.69, 9.17) is 0 Å². The molecule has 0 aromatic heterocycles. The summed E-state index contributed by atoms with van der Waals surface area (Å²) >= 11 is 1.93. The Hall–Kier alpha value is -3.28. The second-order valence-corrected chi connectivity index (χ2v) is 10.4. The number of hydrogen-bond acceptors (Lipinski definition) is 4. The molecule has 1 fully saturated rings. The molecule has 1 atom stereocenters. The number of nitrogens with zero attached hydrogens (tertiary/aromatic N) is 1. The van der Waals surface area contributed by atoms with Crippen molar-refractivity contribution in [3.63, 3.8) is 0 Å². The normalized spacial score (nSPS) is 14.1. The van der Waals surface area contributed by atoms with Gasteiger partial charge in [-0.1, -0.05) is 19.1 Å². The molecule has 2 amide bonds. The van der Waals surface area contributed by atoms with E-state index < -0.39 is 29.0 Å². The van der Waals surface area contributed by atoms with Gasteiger partial charge in [-0.2, -0.15) is 0 Å². The lowest BCUT2D eigenvalue weighted by atomic mass is 9.88. The fourth-order valence-electron chi connectivity index (χ4n) is 4.31. The van der Waals surface area contributed by atoms with Crippen molar-refractivity contribution in [2.75, 3.05) is 25.0 Å². The first-order valence-electron chi connectivity index (χ1n) is 11.7. The third kappa shape index (κ3) is 6.17. The van der Waals surface area contributed by atoms with Crippen molar-refractivity contribution in [1.29, 1.82) is 0 Å². The Balaban J connectivity index is 1.35. The van der Waals surface area contributed by atoms with Gasteiger partial charge in [0.2, 0.25) is 0 Å². The number of hydrogen-bond donors (Lipinski definition) is 3. The van der Waals surface area contributed by atoms with E-state index in [-0.39, 0.29) is 40.3 Å². The van der Waals surface area contributed by atoms with Crippen LogP contribution in [0.2, 0.25) is 0 Å². The molecule has 3 aromatic carbocycles. The first-order chi connectivity index (χ1) is 17.6. The third-order valence-electron chi connectivity index (χ3n) is 6.26. The zero-order chi connectivity index (χ0) is 26.7. The zero-order valence-electron chi connectivity index (χ0n) is 19.9. The molecule has 0 spiro atoms. The van der Waals surface area contributed by atoms with Crippen molar-refractivity contribution < 1.29 is 27.9 Å². The molecule has 0 bridgehead atoms. The molecule has 1 aliphatic heterocycles. The number of aromatic hydroxyl groups is 1. The van der Waals surface area contributed by atoms with Crippen LogP contribution in [-0.2, 0) is 0 Å². The minimum atomic E-state index is -1.25. The third-order valence-corrected chi connectivity index (χ3v) is 6.93. The van der Waals surface area contributed by atoms with Gasteiger partial charge in [0.1, 0.15) is 11.6 Å². The van der Waals surface area contributed by atoms with Crippen LogP contribution in [0, 0.1) is 32.9 Å². The molecule has 10 heteroatoms. The number of phenolic OH excluding ortho intramolecular Hbond substituents is 1. The Morgan fingerprint density at radius 2 is 1.78 bits per heavy atom. The van der Waals surface area contributed by atoms with Crippen molar-refractivity contribution in [3.05, 3.63) is 86.7 Å². The first-order valence-corrected chi connectivity index (χ1v) is 12.8. The monoisotopic (exact) mass is 623 g/mol. The van der Waals surface area contributed by atoms with E-state index in [1.54, 1.807) is 24.3 Å². The standard InChI is InChI=1S/C27H25F3IN3O3/c1-15(12-32-26(36)18-4-2-3-5-23(18)35)10-16-13-34(14-16)27(37)19-7-8-20(28)24(30)25(19)33-22-9-6-17(31)11-21(22)29/h2-9,11,15-16,33,35H,10,12-14H2,1H3,(H,32,36). The summed E-state index contributed by atoms with van der Waals surface area (Å²) in [6, 6.07) is 12.6. The topological polar surface area (TPSA) is 81.7 Å². The number of benzene rings is 3. The van der Waals surface area contributed by atoms with Crippen LogP contribution in [0.4, 0.5) is 24.5 Å². The molecular formula is C27H25F3IN3O3.